The Kier molecular flexibility index (Phi) is 3.14. The van der Waals surface area contributed by atoms with Gasteiger partial charge in [-0.1, -0.05) is 12.1 Å². The minimum Gasteiger partial charge on any atom is -0.326 e. The number of benzene rings is 1. The van der Waals surface area contributed by atoms with Crippen molar-refractivity contribution in [2.45, 2.75) is 13.3 Å². The average molecular weight is 251 g/mol. The van der Waals surface area contributed by atoms with Crippen molar-refractivity contribution >= 4 is 23.0 Å². The van der Waals surface area contributed by atoms with E-state index in [1.54, 1.807) is 30.3 Å². The zero-order valence-electron chi connectivity index (χ0n) is 10.2. The molecule has 0 saturated carbocycles. The third-order valence-electron chi connectivity index (χ3n) is 2.84. The molecule has 1 aromatic rings. The van der Waals surface area contributed by atoms with Crippen molar-refractivity contribution in [2.75, 3.05) is 5.32 Å². The lowest BCUT2D eigenvalue weighted by Crippen LogP contribution is -2.08. The van der Waals surface area contributed by atoms with Crippen LogP contribution in [0.25, 0.3) is 5.57 Å². The van der Waals surface area contributed by atoms with E-state index in [4.69, 9.17) is 10.5 Å². The van der Waals surface area contributed by atoms with Crippen LogP contribution in [-0.4, -0.2) is 11.7 Å². The average Bonchev–Trinajstić information content (AvgIpc) is 2.69. The number of carbonyl (C=O) groups excluding carboxylic acids is 2. The summed E-state index contributed by atoms with van der Waals surface area (Å²) in [4.78, 5) is 23.1. The zero-order valence-corrected chi connectivity index (χ0v) is 10.2. The molecule has 0 unspecified atom stereocenters. The standard InChI is InChI=1S/C14H9N3O2/c1-8(18)17-12-4-2-3-10-13(19)5-11(14(10)12)9(6-15)7-16/h2-4H,5H2,1H3,(H,17,18). The van der Waals surface area contributed by atoms with Crippen molar-refractivity contribution in [2.24, 2.45) is 0 Å². The molecule has 0 heterocycles. The molecule has 0 fully saturated rings. The molecule has 0 atom stereocenters. The van der Waals surface area contributed by atoms with Gasteiger partial charge in [-0.05, 0) is 11.6 Å². The fourth-order valence-corrected chi connectivity index (χ4v) is 2.12. The Balaban J connectivity index is 2.72. The third kappa shape index (κ3) is 2.10. The van der Waals surface area contributed by atoms with Gasteiger partial charge in [0.15, 0.2) is 5.78 Å². The van der Waals surface area contributed by atoms with Crippen LogP contribution >= 0.6 is 0 Å². The first-order chi connectivity index (χ1) is 9.08. The van der Waals surface area contributed by atoms with E-state index in [1.165, 1.54) is 6.92 Å². The summed E-state index contributed by atoms with van der Waals surface area (Å²) >= 11 is 0. The van der Waals surface area contributed by atoms with E-state index >= 15 is 0 Å². The number of allylic oxidation sites excluding steroid dienone is 2. The van der Waals surface area contributed by atoms with Crippen LogP contribution in [0.5, 0.6) is 0 Å². The van der Waals surface area contributed by atoms with Crippen molar-refractivity contribution in [1.82, 2.24) is 0 Å². The number of nitrogens with one attached hydrogen (secondary N) is 1. The molecule has 92 valence electrons. The van der Waals surface area contributed by atoms with E-state index in [9.17, 15) is 9.59 Å². The number of Topliss-reactive ketones (excluding diaryl/α,β-unsaturated/α-hetero) is 1. The van der Waals surface area contributed by atoms with E-state index in [0.717, 1.165) is 0 Å². The number of amides is 1. The quantitative estimate of drug-likeness (QED) is 0.772. The summed E-state index contributed by atoms with van der Waals surface area (Å²) in [6, 6.07) is 8.51. The summed E-state index contributed by atoms with van der Waals surface area (Å²) in [5.74, 6) is -0.428. The molecular formula is C14H9N3O2. The van der Waals surface area contributed by atoms with Crippen LogP contribution in [0, 0.1) is 22.7 Å². The smallest absolute Gasteiger partial charge is 0.221 e. The molecule has 5 nitrogen and oxygen atoms in total. The first kappa shape index (κ1) is 12.5. The van der Waals surface area contributed by atoms with Crippen molar-refractivity contribution < 1.29 is 9.59 Å². The highest BCUT2D eigenvalue weighted by molar-refractivity contribution is 6.16. The fraction of sp³-hybridized carbons (Fsp3) is 0.143. The van der Waals surface area contributed by atoms with Gasteiger partial charge in [-0.25, -0.2) is 0 Å². The van der Waals surface area contributed by atoms with Crippen LogP contribution in [0.1, 0.15) is 29.3 Å². The van der Waals surface area contributed by atoms with E-state index in [0.29, 0.717) is 22.4 Å². The SMILES string of the molecule is CC(=O)Nc1cccc2c1C(=C(C#N)C#N)CC2=O. The highest BCUT2D eigenvalue weighted by Gasteiger charge is 2.29. The molecule has 1 aliphatic rings. The maximum Gasteiger partial charge on any atom is 0.221 e. The van der Waals surface area contributed by atoms with Crippen LogP contribution in [0.4, 0.5) is 5.69 Å². The first-order valence-electron chi connectivity index (χ1n) is 5.56. The Morgan fingerprint density at radius 3 is 2.58 bits per heavy atom. The van der Waals surface area contributed by atoms with Gasteiger partial charge in [-0.3, -0.25) is 9.59 Å². The molecule has 1 aromatic carbocycles. The second kappa shape index (κ2) is 4.75. The minimum absolute atomic E-state index is 0.0163. The molecule has 0 radical (unpaired) electrons. The number of ketones is 1. The lowest BCUT2D eigenvalue weighted by molar-refractivity contribution is -0.114. The molecule has 5 heteroatoms. The van der Waals surface area contributed by atoms with E-state index in [-0.39, 0.29) is 23.7 Å². The second-order valence-corrected chi connectivity index (χ2v) is 4.09. The van der Waals surface area contributed by atoms with Gasteiger partial charge >= 0.3 is 0 Å². The number of hydrogen-bond acceptors (Lipinski definition) is 4. The van der Waals surface area contributed by atoms with Crippen molar-refractivity contribution in [3.63, 3.8) is 0 Å². The molecule has 0 saturated heterocycles. The molecule has 1 aliphatic carbocycles. The number of fused-ring (bicyclic) bond motifs is 1. The Morgan fingerprint density at radius 2 is 2.00 bits per heavy atom. The monoisotopic (exact) mass is 251 g/mol. The number of rotatable bonds is 1. The summed E-state index contributed by atoms with van der Waals surface area (Å²) in [6.07, 6.45) is 0.0163. The fourth-order valence-electron chi connectivity index (χ4n) is 2.12. The van der Waals surface area contributed by atoms with Crippen LogP contribution < -0.4 is 5.32 Å². The van der Waals surface area contributed by atoms with Gasteiger partial charge < -0.3 is 5.32 Å². The predicted octanol–water partition coefficient (Wildman–Crippen LogP) is 2.03. The Bertz CT molecular complexity index is 686. The summed E-state index contributed by atoms with van der Waals surface area (Å²) in [6.45, 7) is 1.36. The van der Waals surface area contributed by atoms with Crippen molar-refractivity contribution in [1.29, 1.82) is 10.5 Å². The predicted molar refractivity (Wildman–Crippen MR) is 67.8 cm³/mol. The van der Waals surface area contributed by atoms with Crippen LogP contribution in [0.2, 0.25) is 0 Å². The second-order valence-electron chi connectivity index (χ2n) is 4.09. The van der Waals surface area contributed by atoms with Gasteiger partial charge in [-0.15, -0.1) is 0 Å². The Labute approximate surface area is 109 Å². The molecule has 0 aliphatic heterocycles. The van der Waals surface area contributed by atoms with E-state index < -0.39 is 0 Å². The highest BCUT2D eigenvalue weighted by atomic mass is 16.1. The summed E-state index contributed by atoms with van der Waals surface area (Å²) in [5, 5.41) is 20.5. The minimum atomic E-state index is -0.275. The Hall–Kier alpha value is -2.92. The van der Waals surface area contributed by atoms with Crippen LogP contribution in [-0.2, 0) is 4.79 Å². The van der Waals surface area contributed by atoms with E-state index in [1.807, 2.05) is 0 Å². The van der Waals surface area contributed by atoms with Crippen LogP contribution in [0.3, 0.4) is 0 Å². The molecule has 0 spiro atoms. The van der Waals surface area contributed by atoms with Crippen molar-refractivity contribution in [3.8, 4) is 12.1 Å². The number of hydrogen-bond donors (Lipinski definition) is 1. The number of nitriles is 2. The van der Waals surface area contributed by atoms with Gasteiger partial charge in [0.1, 0.15) is 17.7 Å². The molecule has 2 rings (SSSR count). The summed E-state index contributed by atoms with van der Waals surface area (Å²) in [7, 11) is 0. The largest absolute Gasteiger partial charge is 0.326 e. The highest BCUT2D eigenvalue weighted by Crippen LogP contribution is 2.39. The third-order valence-corrected chi connectivity index (χ3v) is 2.84. The van der Waals surface area contributed by atoms with Crippen molar-refractivity contribution in [3.05, 3.63) is 34.9 Å². The summed E-state index contributed by atoms with van der Waals surface area (Å²) < 4.78 is 0. The maximum atomic E-state index is 11.9. The molecule has 0 bridgehead atoms. The first-order valence-corrected chi connectivity index (χ1v) is 5.56. The van der Waals surface area contributed by atoms with Gasteiger partial charge in [0.05, 0.1) is 0 Å². The molecule has 19 heavy (non-hydrogen) atoms. The number of anilines is 1. The maximum absolute atomic E-state index is 11.9. The lowest BCUT2D eigenvalue weighted by atomic mass is 10.0. The number of carbonyl (C=O) groups is 2. The van der Waals surface area contributed by atoms with Gasteiger partial charge in [0.25, 0.3) is 0 Å². The number of nitrogens with zero attached hydrogens (tertiary/aromatic N) is 2. The zero-order chi connectivity index (χ0) is 14.0. The summed E-state index contributed by atoms with van der Waals surface area (Å²) in [5.41, 5.74) is 1.66. The Morgan fingerprint density at radius 1 is 1.32 bits per heavy atom. The van der Waals surface area contributed by atoms with Crippen LogP contribution in [0.15, 0.2) is 23.8 Å². The lowest BCUT2D eigenvalue weighted by Gasteiger charge is -2.09. The molecule has 0 aromatic heterocycles. The molecule has 1 amide bonds. The normalized spacial score (nSPS) is 12.4. The molecular weight excluding hydrogens is 242 g/mol. The molecule has 1 N–H and O–H groups in total. The van der Waals surface area contributed by atoms with Gasteiger partial charge in [0, 0.05) is 30.2 Å². The van der Waals surface area contributed by atoms with E-state index in [2.05, 4.69) is 5.32 Å². The topological polar surface area (TPSA) is 93.8 Å². The van der Waals surface area contributed by atoms with Gasteiger partial charge in [0.2, 0.25) is 5.91 Å². The van der Waals surface area contributed by atoms with Gasteiger partial charge in [-0.2, -0.15) is 10.5 Å².